The number of piperidine rings is 1. The van der Waals surface area contributed by atoms with Gasteiger partial charge in [-0.2, -0.15) is 0 Å². The predicted molar refractivity (Wildman–Crippen MR) is 136 cm³/mol. The van der Waals surface area contributed by atoms with Crippen molar-refractivity contribution in [3.05, 3.63) is 23.3 Å². The molecule has 1 N–H and O–H groups in total. The zero-order valence-electron chi connectivity index (χ0n) is 22.5. The monoisotopic (exact) mass is 484 g/mol. The van der Waals surface area contributed by atoms with Crippen molar-refractivity contribution < 1.29 is 19.4 Å². The molecule has 3 saturated carbocycles. The average Bonchev–Trinajstić information content (AvgIpc) is 3.06. The van der Waals surface area contributed by atoms with E-state index in [4.69, 9.17) is 4.74 Å². The zero-order chi connectivity index (χ0) is 25.3. The van der Waals surface area contributed by atoms with Gasteiger partial charge in [0.1, 0.15) is 5.60 Å². The van der Waals surface area contributed by atoms with E-state index in [1.165, 1.54) is 11.1 Å². The van der Waals surface area contributed by atoms with Crippen LogP contribution in [0.15, 0.2) is 23.3 Å². The molecular formula is C29H44N2O4. The largest absolute Gasteiger partial charge is 0.444 e. The molecular weight excluding hydrogens is 440 g/mol. The van der Waals surface area contributed by atoms with Gasteiger partial charge in [0.05, 0.1) is 6.10 Å². The van der Waals surface area contributed by atoms with Gasteiger partial charge in [0.15, 0.2) is 0 Å². The number of aliphatic hydroxyl groups excluding tert-OH is 1. The quantitative estimate of drug-likeness (QED) is 0.495. The highest BCUT2D eigenvalue weighted by Crippen LogP contribution is 2.65. The van der Waals surface area contributed by atoms with E-state index in [2.05, 4.69) is 19.9 Å². The summed E-state index contributed by atoms with van der Waals surface area (Å²) in [6.07, 6.45) is 10.4. The van der Waals surface area contributed by atoms with E-state index in [0.29, 0.717) is 30.8 Å². The van der Waals surface area contributed by atoms with Crippen LogP contribution >= 0.6 is 0 Å². The van der Waals surface area contributed by atoms with Gasteiger partial charge in [-0.05, 0) is 95.1 Å². The third kappa shape index (κ3) is 3.95. The Morgan fingerprint density at radius 2 is 1.80 bits per heavy atom. The molecule has 0 aromatic heterocycles. The van der Waals surface area contributed by atoms with Crippen molar-refractivity contribution in [2.24, 2.45) is 28.6 Å². The van der Waals surface area contributed by atoms with Crippen molar-refractivity contribution in [2.45, 2.75) is 97.3 Å². The lowest BCUT2D eigenvalue weighted by molar-refractivity contribution is -0.140. The Hall–Kier alpha value is -1.82. The summed E-state index contributed by atoms with van der Waals surface area (Å²) in [4.78, 5) is 28.7. The summed E-state index contributed by atoms with van der Waals surface area (Å²) in [6, 6.07) is 0.284. The fraction of sp³-hybridized carbons (Fsp3) is 0.793. The molecule has 2 amide bonds. The zero-order valence-corrected chi connectivity index (χ0v) is 22.5. The number of likely N-dealkylation sites (N-methyl/N-ethyl adjacent to an activating group) is 1. The van der Waals surface area contributed by atoms with Crippen molar-refractivity contribution in [1.82, 2.24) is 9.80 Å². The summed E-state index contributed by atoms with van der Waals surface area (Å²) < 4.78 is 5.57. The van der Waals surface area contributed by atoms with Crippen LogP contribution in [0.1, 0.15) is 79.6 Å². The normalized spacial score (nSPS) is 41.5. The Bertz CT molecular complexity index is 954. The SMILES string of the molecule is CN1C(=O)C=C[C@@]2(C)C1CC[C@@H]1[C@H]2CC[C@]2(C)C(O)C(=C3CCN(C(=O)OC(C)(C)C)CC3)C[C@@H]12. The van der Waals surface area contributed by atoms with Crippen LogP contribution < -0.4 is 0 Å². The lowest BCUT2D eigenvalue weighted by Crippen LogP contribution is -2.59. The van der Waals surface area contributed by atoms with Gasteiger partial charge in [0.25, 0.3) is 0 Å². The molecule has 0 aromatic rings. The first-order valence-electron chi connectivity index (χ1n) is 13.7. The van der Waals surface area contributed by atoms with Gasteiger partial charge in [0, 0.05) is 37.0 Å². The van der Waals surface area contributed by atoms with Crippen LogP contribution in [0.3, 0.4) is 0 Å². The topological polar surface area (TPSA) is 70.1 Å². The molecule has 6 nitrogen and oxygen atoms in total. The molecule has 2 aliphatic heterocycles. The molecule has 194 valence electrons. The minimum atomic E-state index is -0.483. The second-order valence-electron chi connectivity index (χ2n) is 13.4. The molecule has 2 heterocycles. The number of carbonyl (C=O) groups excluding carboxylic acids is 2. The Morgan fingerprint density at radius 3 is 2.46 bits per heavy atom. The molecule has 2 unspecified atom stereocenters. The van der Waals surface area contributed by atoms with Crippen LogP contribution in [0.4, 0.5) is 4.79 Å². The van der Waals surface area contributed by atoms with Crippen LogP contribution in [-0.2, 0) is 9.53 Å². The molecule has 0 aromatic carbocycles. The molecule has 3 aliphatic carbocycles. The summed E-state index contributed by atoms with van der Waals surface area (Å²) in [7, 11) is 1.97. The summed E-state index contributed by atoms with van der Waals surface area (Å²) in [5, 5.41) is 11.7. The number of hydrogen-bond acceptors (Lipinski definition) is 4. The molecule has 1 saturated heterocycles. The highest BCUT2D eigenvalue weighted by Gasteiger charge is 2.61. The molecule has 0 radical (unpaired) electrons. The number of aliphatic hydroxyl groups is 1. The van der Waals surface area contributed by atoms with Crippen LogP contribution in [0.5, 0.6) is 0 Å². The van der Waals surface area contributed by atoms with E-state index in [9.17, 15) is 14.7 Å². The Balaban J connectivity index is 1.35. The Kier molecular flexibility index (Phi) is 5.94. The highest BCUT2D eigenvalue weighted by molar-refractivity contribution is 5.89. The second kappa shape index (κ2) is 8.36. The van der Waals surface area contributed by atoms with Gasteiger partial charge in [-0.3, -0.25) is 4.79 Å². The van der Waals surface area contributed by atoms with Gasteiger partial charge in [-0.1, -0.05) is 25.5 Å². The van der Waals surface area contributed by atoms with Crippen LogP contribution in [-0.4, -0.2) is 64.8 Å². The van der Waals surface area contributed by atoms with Crippen molar-refractivity contribution in [1.29, 1.82) is 0 Å². The maximum Gasteiger partial charge on any atom is 0.410 e. The Morgan fingerprint density at radius 1 is 1.11 bits per heavy atom. The molecule has 0 spiro atoms. The summed E-state index contributed by atoms with van der Waals surface area (Å²) in [6.45, 7) is 11.7. The average molecular weight is 485 g/mol. The van der Waals surface area contributed by atoms with Gasteiger partial charge in [0.2, 0.25) is 5.91 Å². The van der Waals surface area contributed by atoms with E-state index in [1.54, 1.807) is 6.08 Å². The summed E-state index contributed by atoms with van der Waals surface area (Å²) >= 11 is 0. The molecule has 5 rings (SSSR count). The van der Waals surface area contributed by atoms with Gasteiger partial charge in [-0.15, -0.1) is 0 Å². The summed E-state index contributed by atoms with van der Waals surface area (Å²) in [5.41, 5.74) is 2.10. The molecule has 4 fully saturated rings. The predicted octanol–water partition coefficient (Wildman–Crippen LogP) is 4.92. The van der Waals surface area contributed by atoms with Crippen molar-refractivity contribution in [2.75, 3.05) is 20.1 Å². The number of fused-ring (bicyclic) bond motifs is 5. The van der Waals surface area contributed by atoms with Gasteiger partial charge in [-0.25, -0.2) is 4.79 Å². The van der Waals surface area contributed by atoms with Gasteiger partial charge >= 0.3 is 6.09 Å². The number of amides is 2. The van der Waals surface area contributed by atoms with Crippen molar-refractivity contribution in [3.63, 3.8) is 0 Å². The number of ether oxygens (including phenoxy) is 1. The molecule has 6 heteroatoms. The van der Waals surface area contributed by atoms with E-state index < -0.39 is 5.60 Å². The standard InChI is InChI=1S/C29H44N2O4/c1-27(2,3)35-26(34)31-15-11-18(12-16-31)20-17-22-19-7-8-23-28(4,14-10-24(32)30(23)6)21(19)9-13-29(22,5)25(20)33/h10,14,19,21-23,25,33H,7-9,11-13,15-17H2,1-6H3/t19-,21-,22+,23?,25?,28-,29+/m1/s1. The molecule has 7 atom stereocenters. The minimum absolute atomic E-state index is 0.0203. The van der Waals surface area contributed by atoms with Crippen LogP contribution in [0.2, 0.25) is 0 Å². The fourth-order valence-electron chi connectivity index (χ4n) is 8.50. The molecule has 0 bridgehead atoms. The number of carbonyl (C=O) groups is 2. The summed E-state index contributed by atoms with van der Waals surface area (Å²) in [5.74, 6) is 1.75. The maximum atomic E-state index is 12.5. The second-order valence-corrected chi connectivity index (χ2v) is 13.4. The highest BCUT2D eigenvalue weighted by atomic mass is 16.6. The van der Waals surface area contributed by atoms with E-state index in [0.717, 1.165) is 44.9 Å². The van der Waals surface area contributed by atoms with Crippen LogP contribution in [0, 0.1) is 28.6 Å². The molecule has 5 aliphatic rings. The Labute approximate surface area is 210 Å². The first kappa shape index (κ1) is 24.9. The first-order chi connectivity index (χ1) is 16.3. The van der Waals surface area contributed by atoms with Crippen molar-refractivity contribution in [3.8, 4) is 0 Å². The van der Waals surface area contributed by atoms with E-state index >= 15 is 0 Å². The maximum absolute atomic E-state index is 12.5. The van der Waals surface area contributed by atoms with Crippen LogP contribution in [0.25, 0.3) is 0 Å². The number of likely N-dealkylation sites (tertiary alicyclic amines) is 1. The first-order valence-corrected chi connectivity index (χ1v) is 13.7. The number of rotatable bonds is 0. The van der Waals surface area contributed by atoms with Gasteiger partial charge < -0.3 is 19.6 Å². The lowest BCUT2D eigenvalue weighted by atomic mass is 9.48. The third-order valence-electron chi connectivity index (χ3n) is 10.4. The smallest absolute Gasteiger partial charge is 0.410 e. The minimum Gasteiger partial charge on any atom is -0.444 e. The molecule has 35 heavy (non-hydrogen) atoms. The van der Waals surface area contributed by atoms with E-state index in [1.807, 2.05) is 37.6 Å². The fourth-order valence-corrected chi connectivity index (χ4v) is 8.50. The van der Waals surface area contributed by atoms with E-state index in [-0.39, 0.29) is 35.0 Å². The number of hydrogen-bond donors (Lipinski definition) is 1. The number of nitrogens with zero attached hydrogens (tertiary/aromatic N) is 2. The van der Waals surface area contributed by atoms with Crippen molar-refractivity contribution >= 4 is 12.0 Å². The third-order valence-corrected chi connectivity index (χ3v) is 10.4. The lowest BCUT2D eigenvalue weighted by Gasteiger charge is -2.59.